The van der Waals surface area contributed by atoms with E-state index in [4.69, 9.17) is 4.74 Å². The fourth-order valence-corrected chi connectivity index (χ4v) is 6.57. The number of benzene rings is 5. The maximum absolute atomic E-state index is 15.4. The van der Waals surface area contributed by atoms with Crippen LogP contribution in [-0.2, 0) is 6.54 Å². The van der Waals surface area contributed by atoms with E-state index >= 15 is 35.1 Å². The Morgan fingerprint density at radius 3 is 1.05 bits per heavy atom. The number of hydrogen-bond donors (Lipinski definition) is 0. The Morgan fingerprint density at radius 2 is 0.746 bits per heavy atom. The van der Waals surface area contributed by atoms with Crippen molar-refractivity contribution in [1.29, 1.82) is 0 Å². The molecule has 0 aliphatic rings. The van der Waals surface area contributed by atoms with Gasteiger partial charge >= 0.3 is 0 Å². The van der Waals surface area contributed by atoms with Crippen molar-refractivity contribution in [2.75, 3.05) is 6.61 Å². The number of aromatic nitrogens is 2. The van der Waals surface area contributed by atoms with Gasteiger partial charge in [-0.2, -0.15) is 4.57 Å². The summed E-state index contributed by atoms with van der Waals surface area (Å²) < 4.78 is 302. The summed E-state index contributed by atoms with van der Waals surface area (Å²) in [6.45, 7) is 3.73. The van der Waals surface area contributed by atoms with Crippen molar-refractivity contribution in [2.24, 2.45) is 0 Å². The summed E-state index contributed by atoms with van der Waals surface area (Å²) in [5, 5.41) is 0. The summed E-state index contributed by atoms with van der Waals surface area (Å²) in [5.41, 5.74) is -13.1. The molecule has 3 nitrogen and oxygen atoms in total. The Bertz CT molecular complexity index is 2360. The topological polar surface area (TPSA) is 26.0 Å². The van der Waals surface area contributed by atoms with E-state index in [9.17, 15) is 52.7 Å². The van der Waals surface area contributed by atoms with Gasteiger partial charge in [0.15, 0.2) is 82.5 Å². The van der Waals surface area contributed by atoms with Crippen molar-refractivity contribution in [3.63, 3.8) is 0 Å². The van der Waals surface area contributed by atoms with Gasteiger partial charge in [0.05, 0.1) is 12.8 Å². The first-order chi connectivity index (χ1) is 29.6. The van der Waals surface area contributed by atoms with Crippen LogP contribution in [0.25, 0.3) is 0 Å². The Labute approximate surface area is 339 Å². The van der Waals surface area contributed by atoms with Crippen LogP contribution in [-0.4, -0.2) is 17.7 Å². The molecule has 5 aromatic carbocycles. The van der Waals surface area contributed by atoms with Crippen LogP contribution in [0.1, 0.15) is 25.3 Å². The maximum Gasteiger partial charge on any atom is 0.279 e. The van der Waals surface area contributed by atoms with E-state index in [1.165, 1.54) is 5.56 Å². The molecule has 0 atom stereocenters. The zero-order valence-electron chi connectivity index (χ0n) is 30.9. The molecule has 6 rings (SSSR count). The lowest BCUT2D eigenvalue weighted by Crippen LogP contribution is -2.81. The lowest BCUT2D eigenvalue weighted by atomic mass is 9.12. The summed E-state index contributed by atoms with van der Waals surface area (Å²) in [6, 6.07) is 10.4. The van der Waals surface area contributed by atoms with Crippen LogP contribution in [0.2, 0.25) is 0 Å². The molecule has 0 fully saturated rings. The molecule has 0 aliphatic carbocycles. The van der Waals surface area contributed by atoms with Crippen molar-refractivity contribution in [1.82, 2.24) is 4.98 Å². The van der Waals surface area contributed by atoms with E-state index < -0.39 is 144 Å². The largest absolute Gasteiger partial charge is 0.473 e. The summed E-state index contributed by atoms with van der Waals surface area (Å²) >= 11 is 0. The predicted molar refractivity (Wildman–Crippen MR) is 180 cm³/mol. The average Bonchev–Trinajstić information content (AvgIpc) is 3.27. The Balaban J connectivity index is 0.000000345. The molecule has 1 heterocycles. The van der Waals surface area contributed by atoms with Gasteiger partial charge in [0.2, 0.25) is 6.20 Å². The summed E-state index contributed by atoms with van der Waals surface area (Å²) in [4.78, 5) is 4.21. The zero-order valence-corrected chi connectivity index (χ0v) is 30.9. The minimum atomic E-state index is -7.22. The van der Waals surface area contributed by atoms with E-state index in [-0.39, 0.29) is 0 Å². The normalized spacial score (nSPS) is 11.5. The molecule has 6 aromatic rings. The lowest BCUT2D eigenvalue weighted by molar-refractivity contribution is -0.689. The van der Waals surface area contributed by atoms with Gasteiger partial charge in [-0.3, -0.25) is 0 Å². The third kappa shape index (κ3) is 8.10. The van der Waals surface area contributed by atoms with Crippen LogP contribution in [0.3, 0.4) is 0 Å². The second-order valence-corrected chi connectivity index (χ2v) is 13.1. The highest BCUT2D eigenvalue weighted by Crippen LogP contribution is 2.30. The smallest absolute Gasteiger partial charge is 0.279 e. The Kier molecular flexibility index (Phi) is 14.0. The molecule has 63 heavy (non-hydrogen) atoms. The SMILES string of the molecule is CCCCOc1c[n+](Cc2ccccc2)ccn1.Fc1c(F)c(F)c([B-](c2c(F)c(F)c(F)c(F)c2F)(c2c(F)c(F)c(F)c(F)c2F)c2c(F)c(F)c(F)c(F)c2F)c(F)c1F. The zero-order chi connectivity index (χ0) is 47.0. The highest BCUT2D eigenvalue weighted by atomic mass is 19.2. The quantitative estimate of drug-likeness (QED) is 0.0345. The van der Waals surface area contributed by atoms with Crippen LogP contribution < -0.4 is 31.2 Å². The van der Waals surface area contributed by atoms with Crippen molar-refractivity contribution < 1.29 is 97.1 Å². The molecule has 0 unspecified atom stereocenters. The molecule has 0 bridgehead atoms. The van der Waals surface area contributed by atoms with E-state index in [1.54, 1.807) is 6.20 Å². The number of rotatable bonds is 10. The molecule has 1 aromatic heterocycles. The molecule has 0 N–H and O–H groups in total. The monoisotopic (exact) mass is 922 g/mol. The predicted octanol–water partition coefficient (Wildman–Crippen LogP) is 8.44. The van der Waals surface area contributed by atoms with E-state index in [0.717, 1.165) is 26.0 Å². The van der Waals surface area contributed by atoms with Crippen molar-refractivity contribution in [3.8, 4) is 5.88 Å². The molecule has 0 saturated carbocycles. The first kappa shape index (κ1) is 47.7. The molecule has 0 spiro atoms. The molecular formula is C39H19BF20N2O. The minimum absolute atomic E-state index is 0.696. The summed E-state index contributed by atoms with van der Waals surface area (Å²) in [6.07, 6.45) is 0.671. The Morgan fingerprint density at radius 1 is 0.444 bits per heavy atom. The van der Waals surface area contributed by atoms with Gasteiger partial charge in [0.1, 0.15) is 52.7 Å². The minimum Gasteiger partial charge on any atom is -0.473 e. The highest BCUT2D eigenvalue weighted by Gasteiger charge is 2.52. The molecule has 24 heteroatoms. The molecule has 334 valence electrons. The van der Waals surface area contributed by atoms with E-state index in [1.807, 2.05) is 18.5 Å². The molecule has 0 aliphatic heterocycles. The third-order valence-corrected chi connectivity index (χ3v) is 9.40. The highest BCUT2D eigenvalue weighted by molar-refractivity contribution is 7.20. The number of ether oxygens (including phenoxy) is 1. The third-order valence-electron chi connectivity index (χ3n) is 9.40. The van der Waals surface area contributed by atoms with Crippen molar-refractivity contribution >= 4 is 28.0 Å². The van der Waals surface area contributed by atoms with Gasteiger partial charge in [-0.05, 0) is 6.42 Å². The van der Waals surface area contributed by atoms with Crippen LogP contribution in [0, 0.1) is 116 Å². The number of unbranched alkanes of at least 4 members (excludes halogenated alkanes) is 1. The lowest BCUT2D eigenvalue weighted by Gasteiger charge is -2.44. The van der Waals surface area contributed by atoms with Crippen LogP contribution in [0.5, 0.6) is 5.88 Å². The number of halogens is 20. The van der Waals surface area contributed by atoms with Gasteiger partial charge in [-0.15, -0.1) is 21.9 Å². The van der Waals surface area contributed by atoms with Crippen molar-refractivity contribution in [3.05, 3.63) is 171 Å². The molecule has 0 saturated heterocycles. The second kappa shape index (κ2) is 18.5. The molecule has 0 radical (unpaired) electrons. The van der Waals surface area contributed by atoms with Gasteiger partial charge in [0.25, 0.3) is 5.88 Å². The van der Waals surface area contributed by atoms with Gasteiger partial charge in [-0.25, -0.2) is 92.8 Å². The van der Waals surface area contributed by atoms with Gasteiger partial charge < -0.3 is 4.74 Å². The van der Waals surface area contributed by atoms with E-state index in [0.29, 0.717) is 5.88 Å². The van der Waals surface area contributed by atoms with Crippen LogP contribution in [0.15, 0.2) is 48.9 Å². The van der Waals surface area contributed by atoms with E-state index in [2.05, 4.69) is 40.7 Å². The number of nitrogens with zero attached hydrogens (tertiary/aromatic N) is 2. The van der Waals surface area contributed by atoms with Crippen LogP contribution >= 0.6 is 0 Å². The van der Waals surface area contributed by atoms with Gasteiger partial charge in [0, 0.05) is 5.56 Å². The maximum atomic E-state index is 15.4. The standard InChI is InChI=1S/C24BF20.C15H19N2O/c26-5-1(6(27)14(35)21(42)13(5)34)25(2-7(28)15(36)22(43)16(37)8(2)29,3-9(30)17(38)23(44)18(39)10(3)31)4-11(32)19(40)24(45)20(41)12(4)33;1-2-3-11-18-15-13-17(10-9-16-15)12-14-7-5-4-6-8-14/h;4-10,13H,2-3,11-12H2,1H3/q-1;+1. The molecule has 0 amide bonds. The van der Waals surface area contributed by atoms with Crippen LogP contribution in [0.4, 0.5) is 87.8 Å². The second-order valence-electron chi connectivity index (χ2n) is 13.1. The first-order valence-electron chi connectivity index (χ1n) is 17.3. The Hall–Kier alpha value is -6.36. The van der Waals surface area contributed by atoms with Gasteiger partial charge in [-0.1, -0.05) is 43.7 Å². The average molecular weight is 922 g/mol. The number of hydrogen-bond acceptors (Lipinski definition) is 2. The first-order valence-corrected chi connectivity index (χ1v) is 17.3. The molecular weight excluding hydrogens is 903 g/mol. The summed E-state index contributed by atoms with van der Waals surface area (Å²) in [5.74, 6) is -70.7. The van der Waals surface area contributed by atoms with Crippen molar-refractivity contribution in [2.45, 2.75) is 26.3 Å². The summed E-state index contributed by atoms with van der Waals surface area (Å²) in [7, 11) is 0. The fourth-order valence-electron chi connectivity index (χ4n) is 6.57. The fraction of sp³-hybridized carbons (Fsp3) is 0.128.